The van der Waals surface area contributed by atoms with Crippen molar-refractivity contribution >= 4 is 27.4 Å². The number of alkyl halides is 3. The van der Waals surface area contributed by atoms with E-state index in [-0.39, 0.29) is 23.7 Å². The number of aromatic nitrogens is 7. The van der Waals surface area contributed by atoms with Crippen molar-refractivity contribution in [3.63, 3.8) is 0 Å². The fraction of sp³-hybridized carbons (Fsp3) is 0.345. The smallest absolute Gasteiger partial charge is 0.291 e. The van der Waals surface area contributed by atoms with Crippen LogP contribution in [0.1, 0.15) is 53.5 Å². The van der Waals surface area contributed by atoms with Gasteiger partial charge in [-0.3, -0.25) is 14.5 Å². The summed E-state index contributed by atoms with van der Waals surface area (Å²) in [4.78, 5) is 26.4. The molecular weight excluding hydrogens is 600 g/mol. The molecule has 6 rings (SSSR count). The molecule has 4 aromatic rings. The van der Waals surface area contributed by atoms with Crippen molar-refractivity contribution in [1.29, 1.82) is 0 Å². The predicted octanol–water partition coefficient (Wildman–Crippen LogP) is 4.32. The van der Waals surface area contributed by atoms with Gasteiger partial charge >= 0.3 is 6.18 Å². The van der Waals surface area contributed by atoms with Crippen molar-refractivity contribution < 1.29 is 26.6 Å². The number of aryl methyl sites for hydroxylation is 1. The Morgan fingerprint density at radius 2 is 2.00 bits per heavy atom. The first-order chi connectivity index (χ1) is 20.8. The maximum absolute atomic E-state index is 14.5. The van der Waals surface area contributed by atoms with Crippen LogP contribution in [-0.2, 0) is 29.4 Å². The van der Waals surface area contributed by atoms with Gasteiger partial charge in [0, 0.05) is 25.8 Å². The molecule has 0 amide bonds. The van der Waals surface area contributed by atoms with Crippen molar-refractivity contribution in [2.24, 2.45) is 12.5 Å². The Morgan fingerprint density at radius 3 is 2.66 bits per heavy atom. The van der Waals surface area contributed by atoms with E-state index in [1.807, 2.05) is 13.0 Å². The number of pyridine rings is 2. The van der Waals surface area contributed by atoms with Gasteiger partial charge in [0.25, 0.3) is 0 Å². The van der Waals surface area contributed by atoms with Crippen molar-refractivity contribution in [3.8, 4) is 5.69 Å². The predicted molar refractivity (Wildman–Crippen MR) is 154 cm³/mol. The Labute approximate surface area is 250 Å². The van der Waals surface area contributed by atoms with Gasteiger partial charge in [-0.1, -0.05) is 12.5 Å². The van der Waals surface area contributed by atoms with Gasteiger partial charge in [0.2, 0.25) is 11.1 Å². The zero-order valence-electron chi connectivity index (χ0n) is 23.8. The Kier molecular flexibility index (Phi) is 7.27. The minimum Gasteiger partial charge on any atom is -0.291 e. The van der Waals surface area contributed by atoms with Gasteiger partial charge in [0.05, 0.1) is 44.5 Å². The molecule has 0 radical (unpaired) electrons. The number of halogens is 4. The number of allylic oxidation sites excluding steroid dienone is 1. The minimum absolute atomic E-state index is 0.0585. The molecular formula is C29H28F4N8O2S. The fourth-order valence-corrected chi connectivity index (χ4v) is 8.04. The number of ketones is 1. The van der Waals surface area contributed by atoms with Crippen LogP contribution in [0.5, 0.6) is 0 Å². The van der Waals surface area contributed by atoms with E-state index in [0.29, 0.717) is 41.9 Å². The van der Waals surface area contributed by atoms with E-state index in [2.05, 4.69) is 31.0 Å². The molecule has 230 valence electrons. The Morgan fingerprint density at radius 1 is 1.20 bits per heavy atom. The van der Waals surface area contributed by atoms with Gasteiger partial charge in [-0.2, -0.15) is 22.7 Å². The second-order valence-electron chi connectivity index (χ2n) is 11.0. The van der Waals surface area contributed by atoms with E-state index in [1.165, 1.54) is 29.3 Å². The lowest BCUT2D eigenvalue weighted by atomic mass is 9.60. The maximum Gasteiger partial charge on any atom is 0.416 e. The van der Waals surface area contributed by atoms with Crippen LogP contribution in [0.4, 0.5) is 17.6 Å². The monoisotopic (exact) mass is 628 g/mol. The molecule has 15 heteroatoms. The summed E-state index contributed by atoms with van der Waals surface area (Å²) in [5.41, 5.74) is -0.0479. The number of rotatable bonds is 7. The average Bonchev–Trinajstić information content (AvgIpc) is 3.62. The normalized spacial score (nSPS) is 21.3. The van der Waals surface area contributed by atoms with E-state index in [0.717, 1.165) is 18.3 Å². The van der Waals surface area contributed by atoms with E-state index in [4.69, 9.17) is 0 Å². The molecule has 1 saturated carbocycles. The molecule has 4 aromatic heterocycles. The Balaban J connectivity index is 1.45. The molecule has 2 aliphatic rings. The van der Waals surface area contributed by atoms with Crippen molar-refractivity contribution in [3.05, 3.63) is 83.2 Å². The quantitative estimate of drug-likeness (QED) is 0.130. The van der Waals surface area contributed by atoms with Gasteiger partial charge < -0.3 is 0 Å². The van der Waals surface area contributed by atoms with E-state index in [1.54, 1.807) is 22.2 Å². The highest BCUT2D eigenvalue weighted by molar-refractivity contribution is 7.98. The Hall–Kier alpha value is -4.24. The molecule has 4 heterocycles. The molecule has 1 fully saturated rings. The third-order valence-corrected chi connectivity index (χ3v) is 10.4. The third kappa shape index (κ3) is 5.03. The van der Waals surface area contributed by atoms with Crippen LogP contribution < -0.4 is 0 Å². The second-order valence-corrected chi connectivity index (χ2v) is 13.1. The van der Waals surface area contributed by atoms with Gasteiger partial charge in [0.15, 0.2) is 5.78 Å². The van der Waals surface area contributed by atoms with Crippen molar-refractivity contribution in [1.82, 2.24) is 38.8 Å². The molecule has 0 spiro atoms. The van der Waals surface area contributed by atoms with Crippen LogP contribution >= 0.6 is 0 Å². The molecule has 0 aliphatic heterocycles. The van der Waals surface area contributed by atoms with Crippen molar-refractivity contribution in [2.45, 2.75) is 50.0 Å². The first kappa shape index (κ1) is 29.8. The number of hydrogen-bond acceptors (Lipinski definition) is 7. The first-order valence-corrected chi connectivity index (χ1v) is 15.5. The van der Waals surface area contributed by atoms with Crippen LogP contribution in [-0.4, -0.2) is 67.3 Å². The third-order valence-electron chi connectivity index (χ3n) is 8.31. The van der Waals surface area contributed by atoms with Gasteiger partial charge in [0.1, 0.15) is 12.0 Å². The van der Waals surface area contributed by atoms with Gasteiger partial charge in [-0.15, -0.1) is 5.10 Å². The average molecular weight is 629 g/mol. The zero-order valence-corrected chi connectivity index (χ0v) is 24.6. The number of nitrogens with zero attached hydrogens (tertiary/aromatic N) is 8. The number of carbonyl (C=O) groups excluding carboxylic acids is 1. The molecule has 0 saturated heterocycles. The molecule has 0 N–H and O–H groups in total. The van der Waals surface area contributed by atoms with Crippen LogP contribution in [0.3, 0.4) is 0 Å². The lowest BCUT2D eigenvalue weighted by molar-refractivity contribution is -0.137. The number of hydrogen-bond donors (Lipinski definition) is 0. The van der Waals surface area contributed by atoms with Crippen LogP contribution in [0.25, 0.3) is 11.8 Å². The standard InChI is InChI=1S/C29H28F4N8O2S/c1-4-40(44(3,43)27-36-17-39(2)38-27)21-6-5-19-12-24-18(15-37-41(24)22-7-8-25(30)35-16-22)13-28(19,14-21)26(42)23-11-20(9-10-34-23)29(31,32)33/h7-12,15-17,21H,3-6,13-14H2,1-2H3/t21-,28-,44?/m0/s1. The SMILES string of the molecule is C=S(=O)(c1ncn(C)n1)N(CC)[C@H]1CCC2=Cc3c(cnn3-c3ccc(F)nc3)C[C@]2(C(=O)c2cc(C(F)(F)F)ccn2)C1. The lowest BCUT2D eigenvalue weighted by Gasteiger charge is -2.46. The van der Waals surface area contributed by atoms with Crippen molar-refractivity contribution in [2.75, 3.05) is 6.54 Å². The summed E-state index contributed by atoms with van der Waals surface area (Å²) in [5, 5.41) is 8.74. The van der Waals surface area contributed by atoms with E-state index < -0.39 is 44.6 Å². The molecule has 10 nitrogen and oxygen atoms in total. The molecule has 44 heavy (non-hydrogen) atoms. The summed E-state index contributed by atoms with van der Waals surface area (Å²) in [7, 11) is -1.52. The summed E-state index contributed by atoms with van der Waals surface area (Å²) in [6.07, 6.45) is 3.64. The number of Topliss-reactive ketones (excluding diaryl/α,β-unsaturated/α-hetero) is 1. The summed E-state index contributed by atoms with van der Waals surface area (Å²) in [6, 6.07) is 3.90. The minimum atomic E-state index is -4.67. The molecule has 0 bridgehead atoms. The van der Waals surface area contributed by atoms with Crippen LogP contribution in [0.15, 0.2) is 59.9 Å². The summed E-state index contributed by atoms with van der Waals surface area (Å²) in [6.45, 7) is 2.12. The highest BCUT2D eigenvalue weighted by Crippen LogP contribution is 2.51. The number of fused-ring (bicyclic) bond motifs is 2. The highest BCUT2D eigenvalue weighted by atomic mass is 32.2. The molecule has 0 aromatic carbocycles. The molecule has 2 aliphatic carbocycles. The highest BCUT2D eigenvalue weighted by Gasteiger charge is 2.51. The summed E-state index contributed by atoms with van der Waals surface area (Å²) in [5.74, 6) is 2.77. The van der Waals surface area contributed by atoms with E-state index >= 15 is 0 Å². The first-order valence-electron chi connectivity index (χ1n) is 13.8. The van der Waals surface area contributed by atoms with Crippen LogP contribution in [0, 0.1) is 11.4 Å². The Bertz CT molecular complexity index is 1880. The van der Waals surface area contributed by atoms with E-state index in [9.17, 15) is 26.6 Å². The zero-order chi connectivity index (χ0) is 31.4. The maximum atomic E-state index is 14.5. The van der Waals surface area contributed by atoms with Gasteiger partial charge in [-0.05, 0) is 67.5 Å². The molecule has 1 unspecified atom stereocenters. The summed E-state index contributed by atoms with van der Waals surface area (Å²) >= 11 is 0. The molecule has 3 atom stereocenters. The van der Waals surface area contributed by atoms with Crippen LogP contribution in [0.2, 0.25) is 0 Å². The summed E-state index contributed by atoms with van der Waals surface area (Å²) < 4.78 is 73.2. The van der Waals surface area contributed by atoms with Gasteiger partial charge in [-0.25, -0.2) is 23.2 Å². The number of carbonyl (C=O) groups is 1. The largest absolute Gasteiger partial charge is 0.416 e. The topological polar surface area (TPSA) is 112 Å². The second kappa shape index (κ2) is 10.7. The lowest BCUT2D eigenvalue weighted by Crippen LogP contribution is -2.50. The fourth-order valence-electron chi connectivity index (χ4n) is 6.28.